The van der Waals surface area contributed by atoms with E-state index < -0.39 is 5.91 Å². The number of rotatable bonds is 2. The fourth-order valence-electron chi connectivity index (χ4n) is 4.04. The highest BCUT2D eigenvalue weighted by Crippen LogP contribution is 2.61. The predicted octanol–water partition coefficient (Wildman–Crippen LogP) is 1.86. The van der Waals surface area contributed by atoms with Gasteiger partial charge in [0.15, 0.2) is 0 Å². The van der Waals surface area contributed by atoms with Gasteiger partial charge in [0.25, 0.3) is 5.91 Å². The lowest BCUT2D eigenvalue weighted by Crippen LogP contribution is -2.68. The quantitative estimate of drug-likeness (QED) is 0.640. The molecule has 3 fully saturated rings. The number of nitrogens with zero attached hydrogens (tertiary/aromatic N) is 1. The first-order valence-corrected chi connectivity index (χ1v) is 7.12. The van der Waals surface area contributed by atoms with E-state index in [1.807, 2.05) is 0 Å². The molecule has 1 aliphatic heterocycles. The number of hydrogen-bond acceptors (Lipinski definition) is 3. The summed E-state index contributed by atoms with van der Waals surface area (Å²) in [5.41, 5.74) is 3.71. The van der Waals surface area contributed by atoms with Gasteiger partial charge in [0.1, 0.15) is 5.82 Å². The second kappa shape index (κ2) is 4.02. The Hall–Kier alpha value is -1.46. The van der Waals surface area contributed by atoms with Crippen LogP contribution in [0, 0.1) is 11.7 Å². The van der Waals surface area contributed by atoms with E-state index in [1.165, 1.54) is 25.3 Å². The maximum Gasteiger partial charge on any atom is 0.274 e. The zero-order valence-corrected chi connectivity index (χ0v) is 11.2. The molecule has 5 heteroatoms. The third kappa shape index (κ3) is 1.56. The van der Waals surface area contributed by atoms with Crippen LogP contribution in [-0.2, 0) is 13.0 Å². The molecule has 4 aliphatic rings. The van der Waals surface area contributed by atoms with E-state index in [4.69, 9.17) is 5.21 Å². The molecule has 5 rings (SSSR count). The maximum absolute atomic E-state index is 14.2. The second-order valence-electron chi connectivity index (χ2n) is 6.41. The van der Waals surface area contributed by atoms with Crippen molar-refractivity contribution in [1.82, 2.24) is 10.4 Å². The molecule has 0 aromatic heterocycles. The lowest BCUT2D eigenvalue weighted by Gasteiger charge is -2.67. The minimum atomic E-state index is -0.659. The summed E-state index contributed by atoms with van der Waals surface area (Å²) in [4.78, 5) is 13.8. The Kier molecular flexibility index (Phi) is 2.47. The normalized spacial score (nSPS) is 31.0. The van der Waals surface area contributed by atoms with Gasteiger partial charge in [-0.05, 0) is 49.3 Å². The molecule has 1 aromatic rings. The first-order valence-electron chi connectivity index (χ1n) is 7.12. The van der Waals surface area contributed by atoms with E-state index in [2.05, 4.69) is 4.90 Å². The van der Waals surface area contributed by atoms with Gasteiger partial charge in [-0.3, -0.25) is 14.9 Å². The number of carbonyl (C=O) groups is 1. The molecule has 106 valence electrons. The number of benzene rings is 1. The second-order valence-corrected chi connectivity index (χ2v) is 6.41. The van der Waals surface area contributed by atoms with Crippen molar-refractivity contribution in [2.75, 3.05) is 6.54 Å². The van der Waals surface area contributed by atoms with E-state index in [9.17, 15) is 9.18 Å². The van der Waals surface area contributed by atoms with Crippen LogP contribution < -0.4 is 5.48 Å². The average Bonchev–Trinajstić information content (AvgIpc) is 2.34. The van der Waals surface area contributed by atoms with Crippen LogP contribution >= 0.6 is 0 Å². The molecule has 1 amide bonds. The minimum absolute atomic E-state index is 0.183. The first kappa shape index (κ1) is 12.3. The van der Waals surface area contributed by atoms with Gasteiger partial charge in [-0.2, -0.15) is 0 Å². The number of carbonyl (C=O) groups excluding carboxylic acids is 1. The SMILES string of the molecule is O=C(NO)c1cc(F)c2c(c1)CCN(C13CC(C1)C3)C2. The molecule has 20 heavy (non-hydrogen) atoms. The molecule has 2 N–H and O–H groups in total. The third-order valence-electron chi connectivity index (χ3n) is 5.33. The molecule has 0 unspecified atom stereocenters. The fourth-order valence-corrected chi connectivity index (χ4v) is 4.04. The Bertz CT molecular complexity index is 585. The molecule has 0 atom stereocenters. The average molecular weight is 276 g/mol. The first-order chi connectivity index (χ1) is 9.61. The molecule has 1 heterocycles. The van der Waals surface area contributed by atoms with Crippen molar-refractivity contribution < 1.29 is 14.4 Å². The van der Waals surface area contributed by atoms with Crippen LogP contribution in [0.4, 0.5) is 4.39 Å². The molecule has 0 radical (unpaired) electrons. The van der Waals surface area contributed by atoms with Crippen LogP contribution in [0.1, 0.15) is 40.7 Å². The topological polar surface area (TPSA) is 52.6 Å². The molecule has 3 saturated carbocycles. The zero-order valence-electron chi connectivity index (χ0n) is 11.2. The summed E-state index contributed by atoms with van der Waals surface area (Å²) >= 11 is 0. The molecular weight excluding hydrogens is 259 g/mol. The highest BCUT2D eigenvalue weighted by Gasteiger charge is 2.59. The maximum atomic E-state index is 14.2. The van der Waals surface area contributed by atoms with Crippen LogP contribution in [0.25, 0.3) is 0 Å². The van der Waals surface area contributed by atoms with Crippen molar-refractivity contribution in [3.8, 4) is 0 Å². The largest absolute Gasteiger partial charge is 0.293 e. The number of hydrogen-bond donors (Lipinski definition) is 2. The highest BCUT2D eigenvalue weighted by molar-refractivity contribution is 5.93. The van der Waals surface area contributed by atoms with Gasteiger partial charge in [-0.15, -0.1) is 0 Å². The minimum Gasteiger partial charge on any atom is -0.293 e. The van der Waals surface area contributed by atoms with Crippen molar-refractivity contribution in [3.05, 3.63) is 34.6 Å². The molecule has 0 spiro atoms. The molecule has 2 bridgehead atoms. The van der Waals surface area contributed by atoms with E-state index in [0.29, 0.717) is 12.1 Å². The molecule has 1 aromatic carbocycles. The predicted molar refractivity (Wildman–Crippen MR) is 69.8 cm³/mol. The van der Waals surface area contributed by atoms with E-state index in [-0.39, 0.29) is 11.4 Å². The van der Waals surface area contributed by atoms with Gasteiger partial charge in [0.05, 0.1) is 0 Å². The number of nitrogens with one attached hydrogen (secondary N) is 1. The van der Waals surface area contributed by atoms with Gasteiger partial charge in [0, 0.05) is 29.8 Å². The Morgan fingerprint density at radius 1 is 1.40 bits per heavy atom. The lowest BCUT2D eigenvalue weighted by atomic mass is 9.49. The van der Waals surface area contributed by atoms with Gasteiger partial charge < -0.3 is 0 Å². The van der Waals surface area contributed by atoms with E-state index in [1.54, 1.807) is 11.5 Å². The van der Waals surface area contributed by atoms with E-state index in [0.717, 1.165) is 30.0 Å². The standard InChI is InChI=1S/C15H17FN2O2/c16-13-4-11(14(19)17-20)3-10-1-2-18(8-12(10)13)15-5-9(6-15)7-15/h3-4,9,20H,1-2,5-8H2,(H,17,19). The summed E-state index contributed by atoms with van der Waals surface area (Å²) in [6.07, 6.45) is 4.59. The smallest absolute Gasteiger partial charge is 0.274 e. The van der Waals surface area contributed by atoms with Crippen LogP contribution in [0.3, 0.4) is 0 Å². The highest BCUT2D eigenvalue weighted by atomic mass is 19.1. The lowest BCUT2D eigenvalue weighted by molar-refractivity contribution is -0.150. The summed E-state index contributed by atoms with van der Waals surface area (Å²) in [7, 11) is 0. The van der Waals surface area contributed by atoms with Crippen molar-refractivity contribution >= 4 is 5.91 Å². The number of amides is 1. The van der Waals surface area contributed by atoms with Crippen LogP contribution in [0.15, 0.2) is 12.1 Å². The number of hydroxylamine groups is 1. The van der Waals surface area contributed by atoms with Gasteiger partial charge in [-0.25, -0.2) is 9.87 Å². The Balaban J connectivity index is 1.63. The van der Waals surface area contributed by atoms with Crippen molar-refractivity contribution in [2.45, 2.75) is 37.8 Å². The summed E-state index contributed by atoms with van der Waals surface area (Å²) < 4.78 is 14.2. The van der Waals surface area contributed by atoms with Crippen molar-refractivity contribution in [1.29, 1.82) is 0 Å². The fraction of sp³-hybridized carbons (Fsp3) is 0.533. The van der Waals surface area contributed by atoms with Crippen molar-refractivity contribution in [2.24, 2.45) is 5.92 Å². The molecule has 3 aliphatic carbocycles. The summed E-state index contributed by atoms with van der Waals surface area (Å²) in [5, 5.41) is 8.65. The summed E-state index contributed by atoms with van der Waals surface area (Å²) in [5.74, 6) is -0.0807. The molecule has 4 nitrogen and oxygen atoms in total. The van der Waals surface area contributed by atoms with Crippen LogP contribution in [0.5, 0.6) is 0 Å². The number of fused-ring (bicyclic) bond motifs is 1. The van der Waals surface area contributed by atoms with E-state index >= 15 is 0 Å². The monoisotopic (exact) mass is 276 g/mol. The van der Waals surface area contributed by atoms with Crippen LogP contribution in [0.2, 0.25) is 0 Å². The van der Waals surface area contributed by atoms with Gasteiger partial charge in [0.2, 0.25) is 0 Å². The van der Waals surface area contributed by atoms with Gasteiger partial charge >= 0.3 is 0 Å². The Labute approximate surface area is 116 Å². The summed E-state index contributed by atoms with van der Waals surface area (Å²) in [6, 6.07) is 2.92. The Morgan fingerprint density at radius 3 is 2.75 bits per heavy atom. The molecular formula is C15H17FN2O2. The Morgan fingerprint density at radius 2 is 2.15 bits per heavy atom. The summed E-state index contributed by atoms with van der Waals surface area (Å²) in [6.45, 7) is 1.58. The van der Waals surface area contributed by atoms with Gasteiger partial charge in [-0.1, -0.05) is 0 Å². The van der Waals surface area contributed by atoms with Crippen molar-refractivity contribution in [3.63, 3.8) is 0 Å². The zero-order chi connectivity index (χ0) is 13.9. The number of halogens is 1. The third-order valence-corrected chi connectivity index (χ3v) is 5.33. The van der Waals surface area contributed by atoms with Crippen LogP contribution in [-0.4, -0.2) is 28.1 Å². The molecule has 0 saturated heterocycles.